The maximum atomic E-state index is 11.6. The number of nitro benzene ring substituents is 1. The fourth-order valence-electron chi connectivity index (χ4n) is 1.77. The Bertz CT molecular complexity index is 492. The van der Waals surface area contributed by atoms with E-state index in [0.717, 1.165) is 0 Å². The zero-order valence-corrected chi connectivity index (χ0v) is 10.1. The maximum absolute atomic E-state index is 11.6. The van der Waals surface area contributed by atoms with Crippen molar-refractivity contribution in [3.05, 3.63) is 33.3 Å². The molecule has 1 atom stereocenters. The van der Waals surface area contributed by atoms with Gasteiger partial charge in [0, 0.05) is 24.1 Å². The van der Waals surface area contributed by atoms with Gasteiger partial charge >= 0.3 is 0 Å². The van der Waals surface area contributed by atoms with Crippen LogP contribution < -0.4 is 4.90 Å². The fourth-order valence-corrected chi connectivity index (χ4v) is 2.20. The van der Waals surface area contributed by atoms with Crippen molar-refractivity contribution in [1.29, 1.82) is 0 Å². The van der Waals surface area contributed by atoms with Crippen molar-refractivity contribution in [2.24, 2.45) is 0 Å². The summed E-state index contributed by atoms with van der Waals surface area (Å²) in [6, 6.07) is 4.21. The number of benzene rings is 1. The molecule has 1 aromatic carbocycles. The number of amides is 1. The number of anilines is 1. The Morgan fingerprint density at radius 2 is 2.18 bits per heavy atom. The normalized spacial score (nSPS) is 19.8. The molecule has 0 saturated carbocycles. The third kappa shape index (κ3) is 2.35. The highest BCUT2D eigenvalue weighted by Crippen LogP contribution is 2.34. The van der Waals surface area contributed by atoms with Crippen molar-refractivity contribution in [1.82, 2.24) is 0 Å². The topological polar surface area (TPSA) is 63.5 Å². The fraction of sp³-hybridized carbons (Fsp3) is 0.300. The number of nitro groups is 1. The molecule has 1 amide bonds. The van der Waals surface area contributed by atoms with Crippen molar-refractivity contribution >= 4 is 40.5 Å². The lowest BCUT2D eigenvalue weighted by molar-refractivity contribution is -0.384. The Morgan fingerprint density at radius 3 is 2.71 bits per heavy atom. The van der Waals surface area contributed by atoms with Crippen LogP contribution >= 0.6 is 23.2 Å². The number of hydrogen-bond acceptors (Lipinski definition) is 3. The predicted molar refractivity (Wildman–Crippen MR) is 64.7 cm³/mol. The molecule has 17 heavy (non-hydrogen) atoms. The van der Waals surface area contributed by atoms with E-state index in [0.29, 0.717) is 0 Å². The molecule has 5 nitrogen and oxygen atoms in total. The Balaban J connectivity index is 2.45. The van der Waals surface area contributed by atoms with Crippen molar-refractivity contribution in [3.8, 4) is 0 Å². The Hall–Kier alpha value is -1.33. The smallest absolute Gasteiger partial charge is 0.294 e. The molecule has 7 heteroatoms. The predicted octanol–water partition coefficient (Wildman–Crippen LogP) is 2.59. The summed E-state index contributed by atoms with van der Waals surface area (Å²) in [6.45, 7) is 0.281. The molecular formula is C10H8Cl2N2O3. The van der Waals surface area contributed by atoms with Gasteiger partial charge in [-0.25, -0.2) is 0 Å². The first-order chi connectivity index (χ1) is 7.99. The van der Waals surface area contributed by atoms with Crippen LogP contribution in [0.15, 0.2) is 18.2 Å². The van der Waals surface area contributed by atoms with Crippen LogP contribution in [-0.4, -0.2) is 22.8 Å². The van der Waals surface area contributed by atoms with Crippen LogP contribution in [0, 0.1) is 10.1 Å². The second kappa shape index (κ2) is 4.50. The summed E-state index contributed by atoms with van der Waals surface area (Å²) >= 11 is 11.6. The van der Waals surface area contributed by atoms with E-state index in [2.05, 4.69) is 0 Å². The number of carbonyl (C=O) groups is 1. The van der Waals surface area contributed by atoms with Gasteiger partial charge in [0.2, 0.25) is 5.91 Å². The molecule has 0 spiro atoms. The van der Waals surface area contributed by atoms with Gasteiger partial charge in [0.25, 0.3) is 5.69 Å². The van der Waals surface area contributed by atoms with Crippen molar-refractivity contribution < 1.29 is 9.72 Å². The van der Waals surface area contributed by atoms with Crippen LogP contribution in [0.1, 0.15) is 6.42 Å². The van der Waals surface area contributed by atoms with Gasteiger partial charge < -0.3 is 4.90 Å². The van der Waals surface area contributed by atoms with E-state index in [-0.39, 0.29) is 40.6 Å². The first kappa shape index (κ1) is 12.1. The molecule has 1 unspecified atom stereocenters. The number of carbonyl (C=O) groups excluding carboxylic acids is 1. The molecule has 0 radical (unpaired) electrons. The number of rotatable bonds is 2. The van der Waals surface area contributed by atoms with Crippen LogP contribution in [0.25, 0.3) is 0 Å². The van der Waals surface area contributed by atoms with Crippen molar-refractivity contribution in [3.63, 3.8) is 0 Å². The Labute approximate surface area is 107 Å². The van der Waals surface area contributed by atoms with E-state index in [1.165, 1.54) is 23.1 Å². The summed E-state index contributed by atoms with van der Waals surface area (Å²) in [4.78, 5) is 23.3. The van der Waals surface area contributed by atoms with E-state index < -0.39 is 4.92 Å². The number of halogens is 2. The van der Waals surface area contributed by atoms with Gasteiger partial charge in [0.15, 0.2) is 0 Å². The standard InChI is InChI=1S/C10H8Cl2N2O3/c11-6-1-2-8(9(3-6)14(16)17)13-5-7(12)4-10(13)15/h1-3,7H,4-5H2. The highest BCUT2D eigenvalue weighted by Gasteiger charge is 2.33. The zero-order chi connectivity index (χ0) is 12.6. The maximum Gasteiger partial charge on any atom is 0.294 e. The first-order valence-electron chi connectivity index (χ1n) is 4.87. The van der Waals surface area contributed by atoms with Gasteiger partial charge in [-0.1, -0.05) is 11.6 Å². The lowest BCUT2D eigenvalue weighted by atomic mass is 10.2. The first-order valence-corrected chi connectivity index (χ1v) is 5.69. The molecule has 1 fully saturated rings. The summed E-state index contributed by atoms with van der Waals surface area (Å²) in [7, 11) is 0. The zero-order valence-electron chi connectivity index (χ0n) is 8.60. The monoisotopic (exact) mass is 274 g/mol. The van der Waals surface area contributed by atoms with E-state index >= 15 is 0 Å². The van der Waals surface area contributed by atoms with Crippen LogP contribution in [0.2, 0.25) is 5.02 Å². The van der Waals surface area contributed by atoms with Gasteiger partial charge in [0.1, 0.15) is 5.69 Å². The summed E-state index contributed by atoms with van der Waals surface area (Å²) < 4.78 is 0. The quantitative estimate of drug-likeness (QED) is 0.473. The Morgan fingerprint density at radius 1 is 1.47 bits per heavy atom. The highest BCUT2D eigenvalue weighted by atomic mass is 35.5. The SMILES string of the molecule is O=C1CC(Cl)CN1c1ccc(Cl)cc1[N+](=O)[O-]. The van der Waals surface area contributed by atoms with Gasteiger partial charge in [0.05, 0.1) is 10.3 Å². The van der Waals surface area contributed by atoms with Gasteiger partial charge in [-0.3, -0.25) is 14.9 Å². The number of hydrogen-bond donors (Lipinski definition) is 0. The number of nitrogens with zero attached hydrogens (tertiary/aromatic N) is 2. The molecular weight excluding hydrogens is 267 g/mol. The lowest BCUT2D eigenvalue weighted by Crippen LogP contribution is -2.25. The minimum absolute atomic E-state index is 0.184. The van der Waals surface area contributed by atoms with Gasteiger partial charge in [-0.05, 0) is 12.1 Å². The average molecular weight is 275 g/mol. The minimum Gasteiger partial charge on any atom is -0.305 e. The Kier molecular flexibility index (Phi) is 3.22. The van der Waals surface area contributed by atoms with E-state index in [1.807, 2.05) is 0 Å². The van der Waals surface area contributed by atoms with E-state index in [9.17, 15) is 14.9 Å². The largest absolute Gasteiger partial charge is 0.305 e. The summed E-state index contributed by atoms with van der Waals surface area (Å²) in [5, 5.41) is 10.8. The second-order valence-corrected chi connectivity index (χ2v) is 4.75. The molecule has 0 N–H and O–H groups in total. The third-order valence-corrected chi connectivity index (χ3v) is 3.03. The number of alkyl halides is 1. The molecule has 1 aromatic rings. The minimum atomic E-state index is -0.559. The van der Waals surface area contributed by atoms with E-state index in [4.69, 9.17) is 23.2 Å². The summed E-state index contributed by atoms with van der Waals surface area (Å²) in [5.74, 6) is -0.213. The molecule has 0 aromatic heterocycles. The average Bonchev–Trinajstić information content (AvgIpc) is 2.57. The molecule has 0 bridgehead atoms. The van der Waals surface area contributed by atoms with Crippen LogP contribution in [0.3, 0.4) is 0 Å². The molecule has 1 aliphatic rings. The molecule has 1 aliphatic heterocycles. The van der Waals surface area contributed by atoms with Gasteiger partial charge in [-0.2, -0.15) is 0 Å². The van der Waals surface area contributed by atoms with E-state index in [1.54, 1.807) is 0 Å². The molecule has 2 rings (SSSR count). The van der Waals surface area contributed by atoms with Crippen LogP contribution in [-0.2, 0) is 4.79 Å². The molecule has 90 valence electrons. The molecule has 0 aliphatic carbocycles. The van der Waals surface area contributed by atoms with Crippen molar-refractivity contribution in [2.45, 2.75) is 11.8 Å². The van der Waals surface area contributed by atoms with Crippen LogP contribution in [0.4, 0.5) is 11.4 Å². The summed E-state index contributed by atoms with van der Waals surface area (Å²) in [6.07, 6.45) is 0.196. The molecule has 1 saturated heterocycles. The highest BCUT2D eigenvalue weighted by molar-refractivity contribution is 6.31. The summed E-state index contributed by atoms with van der Waals surface area (Å²) in [5.41, 5.74) is 0.0594. The van der Waals surface area contributed by atoms with Crippen molar-refractivity contribution in [2.75, 3.05) is 11.4 Å². The third-order valence-electron chi connectivity index (χ3n) is 2.50. The lowest BCUT2D eigenvalue weighted by Gasteiger charge is -2.15. The second-order valence-electron chi connectivity index (χ2n) is 3.70. The van der Waals surface area contributed by atoms with Gasteiger partial charge in [-0.15, -0.1) is 11.6 Å². The van der Waals surface area contributed by atoms with Crippen LogP contribution in [0.5, 0.6) is 0 Å². The molecule has 1 heterocycles.